The van der Waals surface area contributed by atoms with E-state index in [0.29, 0.717) is 49.1 Å². The number of amides is 1. The highest BCUT2D eigenvalue weighted by atomic mass is 32.2. The van der Waals surface area contributed by atoms with Gasteiger partial charge in [-0.1, -0.05) is 32.9 Å². The number of nitriles is 1. The van der Waals surface area contributed by atoms with Crippen molar-refractivity contribution in [2.45, 2.75) is 38.6 Å². The first-order valence-corrected chi connectivity index (χ1v) is 12.6. The zero-order valence-corrected chi connectivity index (χ0v) is 20.4. The smallest absolute Gasteiger partial charge is 0.255 e. The van der Waals surface area contributed by atoms with Gasteiger partial charge in [-0.05, 0) is 42.3 Å². The first-order chi connectivity index (χ1) is 16.2. The number of H-pyrrole nitrogens is 1. The fraction of sp³-hybridized carbons (Fsp3) is 0.320. The molecule has 0 saturated carbocycles. The Hall–Kier alpha value is -3.48. The second-order valence-electron chi connectivity index (χ2n) is 7.88. The fourth-order valence-corrected chi connectivity index (χ4v) is 5.37. The number of benzene rings is 2. The molecule has 1 aromatic heterocycles. The molecule has 2 aromatic carbocycles. The molecular weight excluding hydrogens is 452 g/mol. The second kappa shape index (κ2) is 10.6. The van der Waals surface area contributed by atoms with E-state index in [1.54, 1.807) is 43.0 Å². The van der Waals surface area contributed by atoms with E-state index in [-0.39, 0.29) is 16.4 Å². The van der Waals surface area contributed by atoms with Gasteiger partial charge in [0, 0.05) is 43.1 Å². The molecule has 8 nitrogen and oxygen atoms in total. The average molecular weight is 481 g/mol. The van der Waals surface area contributed by atoms with E-state index in [2.05, 4.69) is 11.1 Å². The lowest BCUT2D eigenvalue weighted by atomic mass is 10.1. The maximum Gasteiger partial charge on any atom is 0.255 e. The number of pyridine rings is 1. The van der Waals surface area contributed by atoms with Crippen LogP contribution in [0.15, 0.2) is 58.2 Å². The Bertz CT molecular complexity index is 1390. The lowest BCUT2D eigenvalue weighted by Gasteiger charge is -2.23. The normalized spacial score (nSPS) is 11.5. The van der Waals surface area contributed by atoms with Crippen LogP contribution in [0.1, 0.15) is 48.7 Å². The molecule has 34 heavy (non-hydrogen) atoms. The zero-order chi connectivity index (χ0) is 24.9. The Morgan fingerprint density at radius 2 is 1.71 bits per heavy atom. The number of nitrogens with zero attached hydrogens (tertiary/aromatic N) is 3. The number of sulfonamides is 1. The van der Waals surface area contributed by atoms with Crippen LogP contribution in [0.5, 0.6) is 0 Å². The summed E-state index contributed by atoms with van der Waals surface area (Å²) < 4.78 is 27.4. The molecule has 0 fully saturated rings. The molecule has 1 N–H and O–H groups in total. The number of fused-ring (bicyclic) bond motifs is 1. The molecule has 0 aliphatic heterocycles. The van der Waals surface area contributed by atoms with Crippen LogP contribution in [-0.4, -0.2) is 48.1 Å². The summed E-state index contributed by atoms with van der Waals surface area (Å²) in [6, 6.07) is 14.7. The molecule has 0 atom stereocenters. The van der Waals surface area contributed by atoms with Crippen molar-refractivity contribution in [1.29, 1.82) is 5.26 Å². The predicted octanol–water partition coefficient (Wildman–Crippen LogP) is 3.48. The number of carbonyl (C=O) groups excluding carboxylic acids is 1. The van der Waals surface area contributed by atoms with Crippen molar-refractivity contribution in [2.75, 3.05) is 19.6 Å². The summed E-state index contributed by atoms with van der Waals surface area (Å²) in [5.41, 5.74) is 1.48. The summed E-state index contributed by atoms with van der Waals surface area (Å²) in [4.78, 5) is 30.3. The monoisotopic (exact) mass is 480 g/mol. The number of carbonyl (C=O) groups is 1. The van der Waals surface area contributed by atoms with Crippen molar-refractivity contribution < 1.29 is 13.2 Å². The third-order valence-corrected chi connectivity index (χ3v) is 7.67. The van der Waals surface area contributed by atoms with Gasteiger partial charge in [-0.25, -0.2) is 8.42 Å². The third kappa shape index (κ3) is 5.19. The SMILES string of the molecule is CCCN(Cc1ccc(C#N)cc1)C(=O)c1cc(=O)[nH]c2ccc(S(=O)(=O)N(CC)CC)cc12. The first-order valence-electron chi connectivity index (χ1n) is 11.2. The molecule has 1 amide bonds. The van der Waals surface area contributed by atoms with Crippen molar-refractivity contribution in [3.8, 4) is 6.07 Å². The largest absolute Gasteiger partial charge is 0.334 e. The van der Waals surface area contributed by atoms with Gasteiger partial charge in [0.1, 0.15) is 0 Å². The topological polar surface area (TPSA) is 114 Å². The zero-order valence-electron chi connectivity index (χ0n) is 19.5. The lowest BCUT2D eigenvalue weighted by molar-refractivity contribution is 0.0745. The number of nitrogens with one attached hydrogen (secondary N) is 1. The van der Waals surface area contributed by atoms with Crippen molar-refractivity contribution in [2.24, 2.45) is 0 Å². The van der Waals surface area contributed by atoms with Crippen LogP contribution >= 0.6 is 0 Å². The van der Waals surface area contributed by atoms with Crippen molar-refractivity contribution in [3.05, 3.63) is 75.6 Å². The highest BCUT2D eigenvalue weighted by molar-refractivity contribution is 7.89. The van der Waals surface area contributed by atoms with E-state index < -0.39 is 15.6 Å². The van der Waals surface area contributed by atoms with Gasteiger partial charge in [0.2, 0.25) is 15.6 Å². The van der Waals surface area contributed by atoms with E-state index >= 15 is 0 Å². The molecule has 3 aromatic rings. The highest BCUT2D eigenvalue weighted by Crippen LogP contribution is 2.24. The summed E-state index contributed by atoms with van der Waals surface area (Å²) >= 11 is 0. The molecule has 0 bridgehead atoms. The molecule has 0 spiro atoms. The number of rotatable bonds is 9. The van der Waals surface area contributed by atoms with Crippen LogP contribution in [0.3, 0.4) is 0 Å². The first kappa shape index (κ1) is 25.1. The number of aromatic amines is 1. The minimum atomic E-state index is -3.74. The van der Waals surface area contributed by atoms with Gasteiger partial charge in [-0.2, -0.15) is 9.57 Å². The summed E-state index contributed by atoms with van der Waals surface area (Å²) in [6.07, 6.45) is 0.699. The summed E-state index contributed by atoms with van der Waals surface area (Å²) in [5, 5.41) is 9.38. The summed E-state index contributed by atoms with van der Waals surface area (Å²) in [5.74, 6) is -0.361. The van der Waals surface area contributed by atoms with Gasteiger partial charge in [-0.15, -0.1) is 0 Å². The van der Waals surface area contributed by atoms with Gasteiger partial charge < -0.3 is 9.88 Å². The second-order valence-corrected chi connectivity index (χ2v) is 9.82. The molecule has 0 radical (unpaired) electrons. The maximum atomic E-state index is 13.6. The fourth-order valence-electron chi connectivity index (χ4n) is 3.88. The summed E-state index contributed by atoms with van der Waals surface area (Å²) in [6.45, 7) is 6.87. The van der Waals surface area contributed by atoms with Gasteiger partial charge in [-0.3, -0.25) is 9.59 Å². The molecule has 1 heterocycles. The van der Waals surface area contributed by atoms with E-state index in [0.717, 1.165) is 5.56 Å². The van der Waals surface area contributed by atoms with Crippen LogP contribution in [0.2, 0.25) is 0 Å². The minimum absolute atomic E-state index is 0.0685. The number of hydrogen-bond donors (Lipinski definition) is 1. The molecule has 0 unspecified atom stereocenters. The Kier molecular flexibility index (Phi) is 7.87. The molecular formula is C25H28N4O4S. The van der Waals surface area contributed by atoms with Crippen LogP contribution in [-0.2, 0) is 16.6 Å². The molecule has 3 rings (SSSR count). The van der Waals surface area contributed by atoms with Gasteiger partial charge in [0.05, 0.1) is 22.1 Å². The highest BCUT2D eigenvalue weighted by Gasteiger charge is 2.24. The van der Waals surface area contributed by atoms with E-state index in [4.69, 9.17) is 5.26 Å². The van der Waals surface area contributed by atoms with Gasteiger partial charge >= 0.3 is 0 Å². The standard InChI is InChI=1S/C25H28N4O4S/c1-4-13-28(17-19-9-7-18(16-26)8-10-19)25(31)22-15-24(30)27-23-12-11-20(14-21(22)23)34(32,33)29(5-2)6-3/h7-12,14-15H,4-6,13,17H2,1-3H3,(H,27,30). The Morgan fingerprint density at radius 1 is 1.03 bits per heavy atom. The predicted molar refractivity (Wildman–Crippen MR) is 131 cm³/mol. The van der Waals surface area contributed by atoms with Crippen LogP contribution in [0.4, 0.5) is 0 Å². The quantitative estimate of drug-likeness (QED) is 0.504. The molecule has 178 valence electrons. The number of hydrogen-bond acceptors (Lipinski definition) is 5. The summed E-state index contributed by atoms with van der Waals surface area (Å²) in [7, 11) is -3.74. The Labute approximate surface area is 199 Å². The van der Waals surface area contributed by atoms with Crippen LogP contribution < -0.4 is 5.56 Å². The molecule has 9 heteroatoms. The van der Waals surface area contributed by atoms with E-state index in [1.165, 1.54) is 28.6 Å². The number of aromatic nitrogens is 1. The van der Waals surface area contributed by atoms with E-state index in [1.807, 2.05) is 6.92 Å². The van der Waals surface area contributed by atoms with Gasteiger partial charge in [0.25, 0.3) is 5.91 Å². The Morgan fingerprint density at radius 3 is 2.29 bits per heavy atom. The van der Waals surface area contributed by atoms with Crippen LogP contribution in [0.25, 0.3) is 10.9 Å². The van der Waals surface area contributed by atoms with Crippen LogP contribution in [0, 0.1) is 11.3 Å². The van der Waals surface area contributed by atoms with Gasteiger partial charge in [0.15, 0.2) is 0 Å². The molecule has 0 aliphatic rings. The molecule has 0 saturated heterocycles. The Balaban J connectivity index is 2.08. The van der Waals surface area contributed by atoms with Crippen molar-refractivity contribution in [1.82, 2.24) is 14.2 Å². The van der Waals surface area contributed by atoms with Crippen molar-refractivity contribution in [3.63, 3.8) is 0 Å². The van der Waals surface area contributed by atoms with E-state index in [9.17, 15) is 18.0 Å². The maximum absolute atomic E-state index is 13.6. The third-order valence-electron chi connectivity index (χ3n) is 5.63. The average Bonchev–Trinajstić information content (AvgIpc) is 2.83. The van der Waals surface area contributed by atoms with Crippen molar-refractivity contribution >= 4 is 26.8 Å². The minimum Gasteiger partial charge on any atom is -0.334 e. The molecule has 0 aliphatic carbocycles. The lowest BCUT2D eigenvalue weighted by Crippen LogP contribution is -2.32.